The summed E-state index contributed by atoms with van der Waals surface area (Å²) < 4.78 is 45.6. The molecule has 0 saturated carbocycles. The quantitative estimate of drug-likeness (QED) is 0.790. The van der Waals surface area contributed by atoms with Crippen LogP contribution >= 0.6 is 0 Å². The average molecular weight is 337 g/mol. The molecule has 0 unspecified atom stereocenters. The van der Waals surface area contributed by atoms with E-state index >= 15 is 0 Å². The van der Waals surface area contributed by atoms with Crippen LogP contribution in [0.25, 0.3) is 0 Å². The van der Waals surface area contributed by atoms with E-state index in [1.807, 2.05) is 31.2 Å². The van der Waals surface area contributed by atoms with Crippen LogP contribution in [0.5, 0.6) is 5.75 Å². The van der Waals surface area contributed by atoms with Crippen LogP contribution < -0.4 is 9.46 Å². The molecule has 0 bridgehead atoms. The van der Waals surface area contributed by atoms with Crippen molar-refractivity contribution in [2.24, 2.45) is 0 Å². The highest BCUT2D eigenvalue weighted by Crippen LogP contribution is 2.16. The first kappa shape index (κ1) is 17.4. The number of aryl methyl sites for hydroxylation is 2. The van der Waals surface area contributed by atoms with Crippen LogP contribution in [0.15, 0.2) is 47.4 Å². The molecule has 0 radical (unpaired) electrons. The Morgan fingerprint density at radius 2 is 1.91 bits per heavy atom. The highest BCUT2D eigenvalue weighted by atomic mass is 32.2. The van der Waals surface area contributed by atoms with Gasteiger partial charge in [0.15, 0.2) is 0 Å². The molecule has 0 aliphatic heterocycles. The molecule has 6 heteroatoms. The summed E-state index contributed by atoms with van der Waals surface area (Å²) in [6, 6.07) is 11.4. The molecular formula is C17H20FNO3S. The van der Waals surface area contributed by atoms with Gasteiger partial charge in [-0.1, -0.05) is 18.2 Å². The predicted molar refractivity (Wildman–Crippen MR) is 87.6 cm³/mol. The fourth-order valence-corrected chi connectivity index (χ4v) is 3.44. The smallest absolute Gasteiger partial charge is 0.240 e. The molecule has 0 atom stereocenters. The van der Waals surface area contributed by atoms with Gasteiger partial charge in [-0.05, 0) is 55.7 Å². The van der Waals surface area contributed by atoms with Crippen molar-refractivity contribution >= 4 is 10.0 Å². The lowest BCUT2D eigenvalue weighted by atomic mass is 10.2. The van der Waals surface area contributed by atoms with E-state index in [1.165, 1.54) is 12.1 Å². The van der Waals surface area contributed by atoms with Crippen molar-refractivity contribution in [3.63, 3.8) is 0 Å². The zero-order chi connectivity index (χ0) is 16.9. The second-order valence-electron chi connectivity index (χ2n) is 5.33. The molecule has 0 aromatic heterocycles. The van der Waals surface area contributed by atoms with Gasteiger partial charge < -0.3 is 4.74 Å². The van der Waals surface area contributed by atoms with Crippen molar-refractivity contribution < 1.29 is 17.5 Å². The molecule has 0 aliphatic carbocycles. The summed E-state index contributed by atoms with van der Waals surface area (Å²) in [5, 5.41) is 0. The highest BCUT2D eigenvalue weighted by molar-refractivity contribution is 7.89. The Labute approximate surface area is 136 Å². The number of rotatable bonds is 7. The van der Waals surface area contributed by atoms with Gasteiger partial charge in [0, 0.05) is 6.54 Å². The molecule has 2 rings (SSSR count). The monoisotopic (exact) mass is 337 g/mol. The maximum Gasteiger partial charge on any atom is 0.240 e. The third-order valence-corrected chi connectivity index (χ3v) is 4.91. The normalized spacial score (nSPS) is 11.4. The number of hydrogen-bond acceptors (Lipinski definition) is 3. The van der Waals surface area contributed by atoms with E-state index in [2.05, 4.69) is 4.72 Å². The average Bonchev–Trinajstić information content (AvgIpc) is 2.49. The van der Waals surface area contributed by atoms with E-state index in [9.17, 15) is 12.8 Å². The lowest BCUT2D eigenvalue weighted by Crippen LogP contribution is -2.26. The Balaban J connectivity index is 1.84. The summed E-state index contributed by atoms with van der Waals surface area (Å²) in [6.45, 7) is 4.23. The Morgan fingerprint density at radius 1 is 1.13 bits per heavy atom. The molecule has 2 aromatic rings. The largest absolute Gasteiger partial charge is 0.494 e. The molecule has 0 aliphatic rings. The van der Waals surface area contributed by atoms with Gasteiger partial charge in [-0.15, -0.1) is 0 Å². The molecule has 2 aromatic carbocycles. The van der Waals surface area contributed by atoms with Crippen LogP contribution in [0, 0.1) is 19.7 Å². The minimum Gasteiger partial charge on any atom is -0.494 e. The zero-order valence-electron chi connectivity index (χ0n) is 13.2. The van der Waals surface area contributed by atoms with E-state index in [-0.39, 0.29) is 11.4 Å². The van der Waals surface area contributed by atoms with Gasteiger partial charge in [0.1, 0.15) is 11.6 Å². The lowest BCUT2D eigenvalue weighted by Gasteiger charge is -2.10. The zero-order valence-corrected chi connectivity index (χ0v) is 14.0. The van der Waals surface area contributed by atoms with Crippen molar-refractivity contribution in [1.29, 1.82) is 0 Å². The van der Waals surface area contributed by atoms with E-state index in [0.717, 1.165) is 17.4 Å². The lowest BCUT2D eigenvalue weighted by molar-refractivity contribution is 0.311. The molecule has 23 heavy (non-hydrogen) atoms. The summed E-state index contributed by atoms with van der Waals surface area (Å²) in [6.07, 6.45) is 0.515. The Bertz CT molecular complexity index is 775. The van der Waals surface area contributed by atoms with Crippen LogP contribution in [0.4, 0.5) is 4.39 Å². The number of ether oxygens (including phenoxy) is 1. The van der Waals surface area contributed by atoms with Gasteiger partial charge in [-0.2, -0.15) is 0 Å². The first-order valence-electron chi connectivity index (χ1n) is 7.34. The predicted octanol–water partition coefficient (Wildman–Crippen LogP) is 3.19. The first-order chi connectivity index (χ1) is 10.9. The van der Waals surface area contributed by atoms with E-state index in [4.69, 9.17) is 4.74 Å². The summed E-state index contributed by atoms with van der Waals surface area (Å²) in [4.78, 5) is -0.0305. The van der Waals surface area contributed by atoms with Gasteiger partial charge in [0.2, 0.25) is 10.0 Å². The van der Waals surface area contributed by atoms with E-state index in [0.29, 0.717) is 18.6 Å². The molecule has 124 valence electrons. The maximum atomic E-state index is 13.2. The number of benzene rings is 2. The van der Waals surface area contributed by atoms with Gasteiger partial charge in [-0.3, -0.25) is 0 Å². The Kier molecular flexibility index (Phi) is 5.74. The summed E-state index contributed by atoms with van der Waals surface area (Å²) in [5.41, 5.74) is 1.61. The Hall–Kier alpha value is -1.92. The molecule has 4 nitrogen and oxygen atoms in total. The fraction of sp³-hybridized carbons (Fsp3) is 0.294. The number of sulfonamides is 1. The third kappa shape index (κ3) is 5.04. The van der Waals surface area contributed by atoms with Gasteiger partial charge in [0.05, 0.1) is 11.5 Å². The van der Waals surface area contributed by atoms with Crippen molar-refractivity contribution in [1.82, 2.24) is 4.72 Å². The topological polar surface area (TPSA) is 55.4 Å². The van der Waals surface area contributed by atoms with Crippen LogP contribution in [-0.2, 0) is 10.0 Å². The molecule has 0 fully saturated rings. The van der Waals surface area contributed by atoms with E-state index < -0.39 is 15.8 Å². The molecule has 0 amide bonds. The fourth-order valence-electron chi connectivity index (χ4n) is 2.12. The van der Waals surface area contributed by atoms with E-state index in [1.54, 1.807) is 6.92 Å². The van der Waals surface area contributed by atoms with Crippen molar-refractivity contribution in [3.8, 4) is 5.75 Å². The summed E-state index contributed by atoms with van der Waals surface area (Å²) in [7, 11) is -3.71. The van der Waals surface area contributed by atoms with Crippen molar-refractivity contribution in [2.45, 2.75) is 25.2 Å². The van der Waals surface area contributed by atoms with Crippen LogP contribution in [0.1, 0.15) is 17.5 Å². The number of nitrogens with one attached hydrogen (secondary N) is 1. The molecule has 0 saturated heterocycles. The number of halogens is 1. The number of hydrogen-bond donors (Lipinski definition) is 1. The molecule has 0 spiro atoms. The maximum absolute atomic E-state index is 13.2. The van der Waals surface area contributed by atoms with Gasteiger partial charge in [-0.25, -0.2) is 17.5 Å². The Morgan fingerprint density at radius 3 is 2.65 bits per heavy atom. The van der Waals surface area contributed by atoms with Crippen molar-refractivity contribution in [2.75, 3.05) is 13.2 Å². The standard InChI is InChI=1S/C17H20FNO3S/c1-13-5-3-6-16(11-13)22-10-4-9-19-23(20,21)17-12-15(18)8-7-14(17)2/h3,5-8,11-12,19H,4,9-10H2,1-2H3. The van der Waals surface area contributed by atoms with Crippen LogP contribution in [0.3, 0.4) is 0 Å². The molecular weight excluding hydrogens is 317 g/mol. The second-order valence-corrected chi connectivity index (χ2v) is 7.06. The SMILES string of the molecule is Cc1cccc(OCCCNS(=O)(=O)c2cc(F)ccc2C)c1. The minimum atomic E-state index is -3.71. The van der Waals surface area contributed by atoms with Crippen molar-refractivity contribution in [3.05, 3.63) is 59.4 Å². The van der Waals surface area contributed by atoms with Crippen LogP contribution in [-0.4, -0.2) is 21.6 Å². The van der Waals surface area contributed by atoms with Crippen LogP contribution in [0.2, 0.25) is 0 Å². The molecule has 1 N–H and O–H groups in total. The van der Waals surface area contributed by atoms with Gasteiger partial charge in [0.25, 0.3) is 0 Å². The summed E-state index contributed by atoms with van der Waals surface area (Å²) >= 11 is 0. The first-order valence-corrected chi connectivity index (χ1v) is 8.82. The van der Waals surface area contributed by atoms with Gasteiger partial charge >= 0.3 is 0 Å². The minimum absolute atomic E-state index is 0.0305. The third-order valence-electron chi connectivity index (χ3n) is 3.31. The highest BCUT2D eigenvalue weighted by Gasteiger charge is 2.16. The summed E-state index contributed by atoms with van der Waals surface area (Å²) in [5.74, 6) is 0.188. The molecule has 0 heterocycles. The second kappa shape index (κ2) is 7.57.